The highest BCUT2D eigenvalue weighted by atomic mass is 32.1. The fraction of sp³-hybridized carbons (Fsp3) is 0.211. The summed E-state index contributed by atoms with van der Waals surface area (Å²) in [5.74, 6) is -0.863. The van der Waals surface area contributed by atoms with Gasteiger partial charge in [-0.25, -0.2) is 4.39 Å². The maximum atomic E-state index is 12.9. The van der Waals surface area contributed by atoms with Gasteiger partial charge < -0.3 is 4.74 Å². The Labute approximate surface area is 162 Å². The number of nitrogens with one attached hydrogen (secondary N) is 3. The number of hydrogen-bond donors (Lipinski definition) is 3. The quantitative estimate of drug-likeness (QED) is 0.553. The van der Waals surface area contributed by atoms with Crippen LogP contribution in [0.25, 0.3) is 0 Å². The van der Waals surface area contributed by atoms with Gasteiger partial charge in [0.05, 0.1) is 0 Å². The van der Waals surface area contributed by atoms with E-state index in [1.165, 1.54) is 24.3 Å². The number of aryl methyl sites for hydroxylation is 2. The molecule has 0 spiro atoms. The van der Waals surface area contributed by atoms with Crippen LogP contribution in [0.15, 0.2) is 42.5 Å². The Hall–Kier alpha value is -3.00. The second kappa shape index (κ2) is 9.09. The molecule has 0 aliphatic rings. The normalized spacial score (nSPS) is 11.3. The van der Waals surface area contributed by atoms with Gasteiger partial charge in [-0.1, -0.05) is 6.07 Å². The lowest BCUT2D eigenvalue weighted by Gasteiger charge is -2.17. The summed E-state index contributed by atoms with van der Waals surface area (Å²) >= 11 is 4.95. The molecule has 3 N–H and O–H groups in total. The summed E-state index contributed by atoms with van der Waals surface area (Å²) in [7, 11) is 0. The number of benzene rings is 2. The average molecular weight is 389 g/mol. The molecule has 0 unspecified atom stereocenters. The van der Waals surface area contributed by atoms with Crippen molar-refractivity contribution in [2.45, 2.75) is 26.9 Å². The highest BCUT2D eigenvalue weighted by Crippen LogP contribution is 2.17. The van der Waals surface area contributed by atoms with E-state index in [1.807, 2.05) is 26.0 Å². The van der Waals surface area contributed by atoms with Gasteiger partial charge in [0, 0.05) is 5.56 Å². The molecule has 142 valence electrons. The van der Waals surface area contributed by atoms with Gasteiger partial charge in [-0.05, 0) is 80.5 Å². The Balaban J connectivity index is 1.81. The summed E-state index contributed by atoms with van der Waals surface area (Å²) in [6.45, 7) is 5.53. The van der Waals surface area contributed by atoms with E-state index in [-0.39, 0.29) is 10.7 Å². The fourth-order valence-electron chi connectivity index (χ4n) is 2.07. The first-order valence-electron chi connectivity index (χ1n) is 8.17. The van der Waals surface area contributed by atoms with Crippen LogP contribution in [0.3, 0.4) is 0 Å². The number of carbonyl (C=O) groups excluding carboxylic acids is 2. The first kappa shape index (κ1) is 20.3. The molecule has 2 aromatic carbocycles. The van der Waals surface area contributed by atoms with E-state index in [0.717, 1.165) is 11.1 Å². The number of rotatable bonds is 4. The summed E-state index contributed by atoms with van der Waals surface area (Å²) in [4.78, 5) is 24.0. The first-order valence-corrected chi connectivity index (χ1v) is 8.57. The Morgan fingerprint density at radius 1 is 1.04 bits per heavy atom. The predicted molar refractivity (Wildman–Crippen MR) is 104 cm³/mol. The zero-order valence-electron chi connectivity index (χ0n) is 15.1. The van der Waals surface area contributed by atoms with Gasteiger partial charge in [0.1, 0.15) is 11.6 Å². The lowest BCUT2D eigenvalue weighted by Crippen LogP contribution is -2.51. The third kappa shape index (κ3) is 6.03. The molecule has 2 aromatic rings. The van der Waals surface area contributed by atoms with Crippen molar-refractivity contribution in [1.82, 2.24) is 16.2 Å². The zero-order chi connectivity index (χ0) is 20.0. The molecule has 0 saturated heterocycles. The van der Waals surface area contributed by atoms with Gasteiger partial charge in [-0.2, -0.15) is 0 Å². The second-order valence-corrected chi connectivity index (χ2v) is 6.32. The number of ether oxygens (including phenoxy) is 1. The van der Waals surface area contributed by atoms with Crippen LogP contribution in [0.5, 0.6) is 5.75 Å². The number of thiocarbonyl (C=S) groups is 1. The SMILES string of the molecule is Cc1ccc(O[C@@H](C)C(=O)NNC(=S)NC(=O)c2ccc(F)cc2)cc1C. The molecule has 0 heterocycles. The van der Waals surface area contributed by atoms with Crippen molar-refractivity contribution >= 4 is 29.1 Å². The monoisotopic (exact) mass is 389 g/mol. The van der Waals surface area contributed by atoms with E-state index in [9.17, 15) is 14.0 Å². The van der Waals surface area contributed by atoms with Gasteiger partial charge in [0.2, 0.25) is 0 Å². The number of hydrazine groups is 1. The van der Waals surface area contributed by atoms with E-state index < -0.39 is 23.7 Å². The molecular formula is C19H20FN3O3S. The van der Waals surface area contributed by atoms with Crippen molar-refractivity contribution in [3.63, 3.8) is 0 Å². The zero-order valence-corrected chi connectivity index (χ0v) is 15.9. The van der Waals surface area contributed by atoms with Crippen LogP contribution >= 0.6 is 12.2 Å². The summed E-state index contributed by atoms with van der Waals surface area (Å²) < 4.78 is 18.5. The van der Waals surface area contributed by atoms with E-state index in [1.54, 1.807) is 13.0 Å². The number of hydrogen-bond acceptors (Lipinski definition) is 4. The standard InChI is InChI=1S/C19H20FN3O3S/c1-11-4-9-16(10-12(11)2)26-13(3)17(24)22-23-19(27)21-18(25)14-5-7-15(20)8-6-14/h4-10,13H,1-3H3,(H,22,24)(H2,21,23,25,27)/t13-/m0/s1. The van der Waals surface area contributed by atoms with Crippen molar-refractivity contribution in [3.05, 3.63) is 65.0 Å². The van der Waals surface area contributed by atoms with Crippen LogP contribution in [0, 0.1) is 19.7 Å². The van der Waals surface area contributed by atoms with Gasteiger partial charge in [-0.15, -0.1) is 0 Å². The second-order valence-electron chi connectivity index (χ2n) is 5.91. The van der Waals surface area contributed by atoms with Crippen LogP contribution in [-0.2, 0) is 4.79 Å². The minimum absolute atomic E-state index is 0.101. The Morgan fingerprint density at radius 3 is 2.33 bits per heavy atom. The van der Waals surface area contributed by atoms with Crippen LogP contribution in [0.1, 0.15) is 28.4 Å². The third-order valence-corrected chi connectivity index (χ3v) is 4.00. The van der Waals surface area contributed by atoms with Gasteiger partial charge in [0.25, 0.3) is 11.8 Å². The fourth-order valence-corrected chi connectivity index (χ4v) is 2.22. The number of halogens is 1. The minimum atomic E-state index is -0.782. The summed E-state index contributed by atoms with van der Waals surface area (Å²) in [5.41, 5.74) is 7.21. The van der Waals surface area contributed by atoms with Crippen LogP contribution in [0.4, 0.5) is 4.39 Å². The molecule has 0 fully saturated rings. The highest BCUT2D eigenvalue weighted by Gasteiger charge is 2.16. The Kier molecular flexibility index (Phi) is 6.84. The molecule has 27 heavy (non-hydrogen) atoms. The summed E-state index contributed by atoms with van der Waals surface area (Å²) in [5, 5.41) is 2.28. The maximum absolute atomic E-state index is 12.9. The molecule has 0 aliphatic heterocycles. The molecule has 1 atom stereocenters. The largest absolute Gasteiger partial charge is 0.481 e. The van der Waals surface area contributed by atoms with Crippen molar-refractivity contribution < 1.29 is 18.7 Å². The van der Waals surface area contributed by atoms with Crippen LogP contribution in [0.2, 0.25) is 0 Å². The van der Waals surface area contributed by atoms with Crippen LogP contribution in [-0.4, -0.2) is 23.0 Å². The minimum Gasteiger partial charge on any atom is -0.481 e. The topological polar surface area (TPSA) is 79.5 Å². The first-order chi connectivity index (χ1) is 12.8. The smallest absolute Gasteiger partial charge is 0.279 e. The lowest BCUT2D eigenvalue weighted by atomic mass is 10.1. The van der Waals surface area contributed by atoms with E-state index in [2.05, 4.69) is 16.2 Å². The molecule has 0 bridgehead atoms. The molecule has 8 heteroatoms. The predicted octanol–water partition coefficient (Wildman–Crippen LogP) is 2.55. The molecule has 2 rings (SSSR count). The van der Waals surface area contributed by atoms with Crippen molar-refractivity contribution in [1.29, 1.82) is 0 Å². The average Bonchev–Trinajstić information content (AvgIpc) is 2.63. The van der Waals surface area contributed by atoms with Gasteiger partial charge in [-0.3, -0.25) is 25.8 Å². The molecule has 2 amide bonds. The number of amides is 2. The van der Waals surface area contributed by atoms with Gasteiger partial charge in [0.15, 0.2) is 11.2 Å². The van der Waals surface area contributed by atoms with E-state index in [4.69, 9.17) is 17.0 Å². The molecule has 0 aliphatic carbocycles. The molecule has 0 saturated carbocycles. The molecule has 0 aromatic heterocycles. The summed E-state index contributed by atoms with van der Waals surface area (Å²) in [6.07, 6.45) is -0.782. The number of carbonyl (C=O) groups is 2. The molecular weight excluding hydrogens is 369 g/mol. The maximum Gasteiger partial charge on any atom is 0.279 e. The van der Waals surface area contributed by atoms with E-state index in [0.29, 0.717) is 5.75 Å². The van der Waals surface area contributed by atoms with Gasteiger partial charge >= 0.3 is 0 Å². The highest BCUT2D eigenvalue weighted by molar-refractivity contribution is 7.80. The lowest BCUT2D eigenvalue weighted by molar-refractivity contribution is -0.127. The van der Waals surface area contributed by atoms with Crippen LogP contribution < -0.4 is 20.9 Å². The Morgan fingerprint density at radius 2 is 1.70 bits per heavy atom. The summed E-state index contributed by atoms with van der Waals surface area (Å²) in [6, 6.07) is 10.5. The third-order valence-electron chi connectivity index (χ3n) is 3.79. The van der Waals surface area contributed by atoms with E-state index >= 15 is 0 Å². The molecule has 0 radical (unpaired) electrons. The van der Waals surface area contributed by atoms with Crippen molar-refractivity contribution in [2.75, 3.05) is 0 Å². The Bertz CT molecular complexity index is 856. The van der Waals surface area contributed by atoms with Crippen molar-refractivity contribution in [3.8, 4) is 5.75 Å². The van der Waals surface area contributed by atoms with Crippen molar-refractivity contribution in [2.24, 2.45) is 0 Å². The molecule has 6 nitrogen and oxygen atoms in total.